The fourth-order valence-electron chi connectivity index (χ4n) is 0.750. The first-order valence-electron chi connectivity index (χ1n) is 3.06. The Balaban J connectivity index is 3.15. The molecule has 0 amide bonds. The molecule has 0 aliphatic rings. The molecular weight excluding hydrogens is 142 g/mol. The normalized spacial score (nSPS) is 11.4. The molecule has 0 fully saturated rings. The van der Waals surface area contributed by atoms with Crippen LogP contribution in [0.25, 0.3) is 0 Å². The Kier molecular flexibility index (Phi) is 3.08. The molecule has 0 aliphatic heterocycles. The Morgan fingerprint density at radius 1 is 1.29 bits per heavy atom. The summed E-state index contributed by atoms with van der Waals surface area (Å²) in [4.78, 5) is 1.53. The van der Waals surface area contributed by atoms with E-state index in [1.807, 2.05) is 0 Å². The van der Waals surface area contributed by atoms with Gasteiger partial charge in [0, 0.05) is 0 Å². The minimum absolute atomic E-state index is 0.0399. The average molecular weight is 157 g/mol. The van der Waals surface area contributed by atoms with Gasteiger partial charge in [0.05, 0.1) is 0 Å². The van der Waals surface area contributed by atoms with Gasteiger partial charge in [0.15, 0.2) is 0 Å². The van der Waals surface area contributed by atoms with Crippen LogP contribution in [0.3, 0.4) is 0 Å². The first-order chi connectivity index (χ1) is 3.06. The second kappa shape index (κ2) is 2.83. The van der Waals surface area contributed by atoms with Gasteiger partial charge in [-0.1, -0.05) is 0 Å². The van der Waals surface area contributed by atoms with Crippen molar-refractivity contribution in [1.82, 2.24) is 0 Å². The van der Waals surface area contributed by atoms with Crippen molar-refractivity contribution >= 4 is 17.4 Å². The molecule has 0 bridgehead atoms. The van der Waals surface area contributed by atoms with E-state index in [1.54, 1.807) is 0 Å². The summed E-state index contributed by atoms with van der Waals surface area (Å²) in [6.07, 6.45) is 0. The van der Waals surface area contributed by atoms with Crippen LogP contribution < -0.4 is 0 Å². The fourth-order valence-corrected chi connectivity index (χ4v) is 3.90. The Hall–Kier alpha value is 0.636. The summed E-state index contributed by atoms with van der Waals surface area (Å²) in [5, 5.41) is 0. The molecule has 0 saturated heterocycles. The Morgan fingerprint density at radius 2 is 1.71 bits per heavy atom. The van der Waals surface area contributed by atoms with Gasteiger partial charge < -0.3 is 0 Å². The Labute approximate surface area is 54.5 Å². The summed E-state index contributed by atoms with van der Waals surface area (Å²) >= 11 is -0.0399. The van der Waals surface area contributed by atoms with Crippen molar-refractivity contribution in [3.63, 3.8) is 0 Å². The van der Waals surface area contributed by atoms with E-state index in [0.29, 0.717) is 5.41 Å². The molecular formula is C6H15Ga. The van der Waals surface area contributed by atoms with E-state index >= 15 is 0 Å². The zero-order valence-electron chi connectivity index (χ0n) is 5.91. The molecule has 0 saturated carbocycles. The van der Waals surface area contributed by atoms with Crippen molar-refractivity contribution < 1.29 is 0 Å². The van der Waals surface area contributed by atoms with E-state index in [4.69, 9.17) is 0 Å². The van der Waals surface area contributed by atoms with E-state index in [2.05, 4.69) is 26.2 Å². The first kappa shape index (κ1) is 7.64. The standard InChI is InChI=1S/C5H11.CH3.Ga.H/c1-5(2,3)4;;;/h1H2,2-4H3;1H3;;. The molecule has 0 aromatic carbocycles. The predicted molar refractivity (Wildman–Crippen MR) is 37.3 cm³/mol. The third-order valence-electron chi connectivity index (χ3n) is 1.000. The van der Waals surface area contributed by atoms with E-state index in [9.17, 15) is 0 Å². The van der Waals surface area contributed by atoms with E-state index < -0.39 is 0 Å². The molecule has 0 aromatic heterocycles. The van der Waals surface area contributed by atoms with Gasteiger partial charge in [-0.2, -0.15) is 0 Å². The van der Waals surface area contributed by atoms with E-state index in [-0.39, 0.29) is 17.4 Å². The van der Waals surface area contributed by atoms with Gasteiger partial charge in [0.25, 0.3) is 0 Å². The van der Waals surface area contributed by atoms with Crippen molar-refractivity contribution in [3.05, 3.63) is 0 Å². The van der Waals surface area contributed by atoms with Crippen LogP contribution in [0.15, 0.2) is 0 Å². The van der Waals surface area contributed by atoms with Gasteiger partial charge in [-0.05, 0) is 0 Å². The summed E-state index contributed by atoms with van der Waals surface area (Å²) in [6, 6.07) is 0. The molecule has 0 unspecified atom stereocenters. The van der Waals surface area contributed by atoms with Gasteiger partial charge in [0.2, 0.25) is 0 Å². The molecule has 0 rings (SSSR count). The monoisotopic (exact) mass is 156 g/mol. The molecule has 7 heavy (non-hydrogen) atoms. The fraction of sp³-hybridized carbons (Fsp3) is 1.00. The zero-order valence-corrected chi connectivity index (χ0v) is 8.88. The van der Waals surface area contributed by atoms with Gasteiger partial charge >= 0.3 is 54.0 Å². The Bertz CT molecular complexity index is 42.6. The second-order valence-electron chi connectivity index (χ2n) is 3.31. The van der Waals surface area contributed by atoms with E-state index in [1.165, 1.54) is 4.98 Å². The molecule has 0 nitrogen and oxygen atoms in total. The number of hydrogen-bond donors (Lipinski definition) is 0. The molecule has 0 aromatic rings. The van der Waals surface area contributed by atoms with Crippen LogP contribution in [-0.4, -0.2) is 17.4 Å². The molecule has 0 radical (unpaired) electrons. The van der Waals surface area contributed by atoms with Crippen LogP contribution in [0.1, 0.15) is 20.8 Å². The first-order valence-corrected chi connectivity index (χ1v) is 8.13. The zero-order chi connectivity index (χ0) is 5.91. The van der Waals surface area contributed by atoms with Crippen molar-refractivity contribution in [1.29, 1.82) is 0 Å². The quantitative estimate of drug-likeness (QED) is 0.510. The molecule has 0 spiro atoms. The number of rotatable bonds is 1. The van der Waals surface area contributed by atoms with Gasteiger partial charge in [0.1, 0.15) is 0 Å². The summed E-state index contributed by atoms with van der Waals surface area (Å²) in [7, 11) is 0. The van der Waals surface area contributed by atoms with Crippen LogP contribution in [-0.2, 0) is 0 Å². The maximum absolute atomic E-state index is 2.41. The Morgan fingerprint density at radius 3 is 1.71 bits per heavy atom. The average Bonchev–Trinajstić information content (AvgIpc) is 1.30. The van der Waals surface area contributed by atoms with Crippen LogP contribution in [0.5, 0.6) is 0 Å². The number of hydrogen-bond acceptors (Lipinski definition) is 0. The topological polar surface area (TPSA) is 0 Å². The summed E-state index contributed by atoms with van der Waals surface area (Å²) < 4.78 is 0. The van der Waals surface area contributed by atoms with Gasteiger partial charge in [-0.3, -0.25) is 0 Å². The van der Waals surface area contributed by atoms with Gasteiger partial charge in [-0.25, -0.2) is 0 Å². The molecule has 0 aliphatic carbocycles. The predicted octanol–water partition coefficient (Wildman–Crippen LogP) is 1.94. The third kappa shape index (κ3) is 6.64. The van der Waals surface area contributed by atoms with E-state index in [0.717, 1.165) is 0 Å². The minimum atomic E-state index is -0.0399. The van der Waals surface area contributed by atoms with Crippen molar-refractivity contribution in [2.75, 3.05) is 0 Å². The molecule has 1 heteroatoms. The SMILES string of the molecule is [CH3][GaH][CH2]C(C)(C)C. The molecule has 0 heterocycles. The van der Waals surface area contributed by atoms with Crippen LogP contribution in [0.4, 0.5) is 0 Å². The van der Waals surface area contributed by atoms with Crippen molar-refractivity contribution in [3.8, 4) is 0 Å². The second-order valence-corrected chi connectivity index (χ2v) is 6.46. The third-order valence-corrected chi connectivity index (χ3v) is 5.20. The molecule has 0 atom stereocenters. The molecule has 42 valence electrons. The van der Waals surface area contributed by atoms with Crippen LogP contribution >= 0.6 is 0 Å². The van der Waals surface area contributed by atoms with Crippen LogP contribution in [0, 0.1) is 5.41 Å². The maximum atomic E-state index is 2.41. The summed E-state index contributed by atoms with van der Waals surface area (Å²) in [6.45, 7) is 6.96. The van der Waals surface area contributed by atoms with Crippen molar-refractivity contribution in [2.45, 2.75) is 31.2 Å². The summed E-state index contributed by atoms with van der Waals surface area (Å²) in [5.74, 6) is 0. The van der Waals surface area contributed by atoms with Crippen LogP contribution in [0.2, 0.25) is 10.5 Å². The van der Waals surface area contributed by atoms with Gasteiger partial charge in [-0.15, -0.1) is 0 Å². The molecule has 0 N–H and O–H groups in total. The van der Waals surface area contributed by atoms with Crippen molar-refractivity contribution in [2.24, 2.45) is 5.41 Å². The summed E-state index contributed by atoms with van der Waals surface area (Å²) in [5.41, 5.74) is 3.05.